The molecule has 18 heavy (non-hydrogen) atoms. The van der Waals surface area contributed by atoms with Crippen molar-refractivity contribution in [2.45, 2.75) is 20.4 Å². The van der Waals surface area contributed by atoms with E-state index in [1.165, 1.54) is 25.4 Å². The number of hydrogen-bond acceptors (Lipinski definition) is 1. The van der Waals surface area contributed by atoms with Gasteiger partial charge in [0.1, 0.15) is 0 Å². The molecular formula is C14H12BrIN2. The van der Waals surface area contributed by atoms with Crippen LogP contribution in [0.5, 0.6) is 0 Å². The van der Waals surface area contributed by atoms with E-state index in [2.05, 4.69) is 80.1 Å². The Balaban J connectivity index is 2.66. The van der Waals surface area contributed by atoms with Gasteiger partial charge in [-0.2, -0.15) is 0 Å². The Kier molecular flexibility index (Phi) is 3.10. The summed E-state index contributed by atoms with van der Waals surface area (Å²) in [6, 6.07) is 6.47. The van der Waals surface area contributed by atoms with E-state index in [9.17, 15) is 0 Å². The Labute approximate surface area is 128 Å². The Bertz CT molecular complexity index is 761. The Hall–Kier alpha value is -0.620. The van der Waals surface area contributed by atoms with E-state index in [1.807, 2.05) is 6.20 Å². The second-order valence-corrected chi connectivity index (χ2v) is 6.40. The molecule has 0 amide bonds. The Morgan fingerprint density at radius 3 is 2.78 bits per heavy atom. The van der Waals surface area contributed by atoms with Crippen molar-refractivity contribution in [3.63, 3.8) is 0 Å². The molecule has 0 saturated carbocycles. The first kappa shape index (κ1) is 12.4. The predicted molar refractivity (Wildman–Crippen MR) is 88.1 cm³/mol. The summed E-state index contributed by atoms with van der Waals surface area (Å²) in [6.07, 6.45) is 1.89. The van der Waals surface area contributed by atoms with Crippen molar-refractivity contribution in [2.24, 2.45) is 0 Å². The van der Waals surface area contributed by atoms with Gasteiger partial charge in [0.15, 0.2) is 0 Å². The van der Waals surface area contributed by atoms with Crippen molar-refractivity contribution in [3.05, 3.63) is 38.1 Å². The van der Waals surface area contributed by atoms with Crippen LogP contribution in [-0.4, -0.2) is 9.55 Å². The second-order valence-electron chi connectivity index (χ2n) is 4.32. The molecule has 1 aromatic carbocycles. The maximum Gasteiger partial charge on any atom is 0.0707 e. The molecule has 0 bridgehead atoms. The summed E-state index contributed by atoms with van der Waals surface area (Å²) in [7, 11) is 0. The normalized spacial score (nSPS) is 11.6. The summed E-state index contributed by atoms with van der Waals surface area (Å²) in [4.78, 5) is 4.43. The van der Waals surface area contributed by atoms with Crippen molar-refractivity contribution in [3.8, 4) is 0 Å². The molecule has 0 unspecified atom stereocenters. The average Bonchev–Trinajstić information content (AvgIpc) is 2.65. The minimum atomic E-state index is 0.962. The van der Waals surface area contributed by atoms with Gasteiger partial charge >= 0.3 is 0 Å². The smallest absolute Gasteiger partial charge is 0.0707 e. The van der Waals surface area contributed by atoms with Crippen molar-refractivity contribution < 1.29 is 0 Å². The lowest BCUT2D eigenvalue weighted by Crippen LogP contribution is -1.97. The maximum atomic E-state index is 4.43. The third-order valence-corrected chi connectivity index (χ3v) is 4.56. The van der Waals surface area contributed by atoms with Gasteiger partial charge in [0, 0.05) is 31.6 Å². The van der Waals surface area contributed by atoms with E-state index >= 15 is 0 Å². The van der Waals surface area contributed by atoms with E-state index < -0.39 is 0 Å². The molecule has 92 valence electrons. The summed E-state index contributed by atoms with van der Waals surface area (Å²) >= 11 is 6.00. The van der Waals surface area contributed by atoms with E-state index in [0.29, 0.717) is 0 Å². The molecule has 0 aliphatic rings. The molecule has 0 aliphatic carbocycles. The zero-order valence-electron chi connectivity index (χ0n) is 10.2. The summed E-state index contributed by atoms with van der Waals surface area (Å²) in [6.45, 7) is 5.23. The molecule has 3 rings (SSSR count). The molecule has 0 spiro atoms. The van der Waals surface area contributed by atoms with Gasteiger partial charge < -0.3 is 4.57 Å². The van der Waals surface area contributed by atoms with Crippen molar-refractivity contribution >= 4 is 60.3 Å². The lowest BCUT2D eigenvalue weighted by Gasteiger charge is -2.06. The SMILES string of the molecule is CCn1c2c(I)cc(Br)cc2c2ccnc(C)c21. The van der Waals surface area contributed by atoms with Crippen LogP contribution in [0.15, 0.2) is 28.9 Å². The fourth-order valence-electron chi connectivity index (χ4n) is 2.59. The van der Waals surface area contributed by atoms with Gasteiger partial charge in [-0.25, -0.2) is 0 Å². The van der Waals surface area contributed by atoms with E-state index in [-0.39, 0.29) is 0 Å². The molecule has 0 atom stereocenters. The standard InChI is InChI=1S/C14H12BrIN2/c1-3-18-13-8(2)17-5-4-10(13)11-6-9(15)7-12(16)14(11)18/h4-7H,3H2,1-2H3. The van der Waals surface area contributed by atoms with Gasteiger partial charge in [-0.15, -0.1) is 0 Å². The minimum absolute atomic E-state index is 0.962. The second kappa shape index (κ2) is 4.49. The van der Waals surface area contributed by atoms with Crippen molar-refractivity contribution in [1.82, 2.24) is 9.55 Å². The Morgan fingerprint density at radius 2 is 2.06 bits per heavy atom. The van der Waals surface area contributed by atoms with Crippen molar-refractivity contribution in [2.75, 3.05) is 0 Å². The quantitative estimate of drug-likeness (QED) is 0.518. The molecule has 3 aromatic rings. The third-order valence-electron chi connectivity index (χ3n) is 3.28. The zero-order chi connectivity index (χ0) is 12.9. The monoisotopic (exact) mass is 414 g/mol. The molecule has 0 radical (unpaired) electrons. The zero-order valence-corrected chi connectivity index (χ0v) is 13.9. The summed E-state index contributed by atoms with van der Waals surface area (Å²) in [5, 5.41) is 2.59. The van der Waals surface area contributed by atoms with Crippen LogP contribution in [0.3, 0.4) is 0 Å². The molecule has 0 fully saturated rings. The fraction of sp³-hybridized carbons (Fsp3) is 0.214. The minimum Gasteiger partial charge on any atom is -0.338 e. The molecule has 0 aliphatic heterocycles. The molecule has 2 nitrogen and oxygen atoms in total. The number of pyridine rings is 1. The van der Waals surface area contributed by atoms with Crippen LogP contribution in [-0.2, 0) is 6.54 Å². The summed E-state index contributed by atoms with van der Waals surface area (Å²) in [5.41, 5.74) is 3.66. The van der Waals surface area contributed by atoms with Gasteiger partial charge in [0.25, 0.3) is 0 Å². The Morgan fingerprint density at radius 1 is 1.28 bits per heavy atom. The summed E-state index contributed by atoms with van der Waals surface area (Å²) < 4.78 is 4.76. The first-order valence-electron chi connectivity index (χ1n) is 5.86. The fourth-order valence-corrected chi connectivity index (χ4v) is 4.39. The lowest BCUT2D eigenvalue weighted by molar-refractivity contribution is 0.820. The van der Waals surface area contributed by atoms with E-state index in [4.69, 9.17) is 0 Å². The van der Waals surface area contributed by atoms with Crippen LogP contribution in [0.25, 0.3) is 21.8 Å². The van der Waals surface area contributed by atoms with Crippen LogP contribution >= 0.6 is 38.5 Å². The highest BCUT2D eigenvalue weighted by Crippen LogP contribution is 2.35. The average molecular weight is 415 g/mol. The van der Waals surface area contributed by atoms with Gasteiger partial charge in [-0.05, 0) is 54.6 Å². The highest BCUT2D eigenvalue weighted by molar-refractivity contribution is 14.1. The number of aryl methyl sites for hydroxylation is 2. The largest absolute Gasteiger partial charge is 0.338 e. The van der Waals surface area contributed by atoms with Gasteiger partial charge in [0.2, 0.25) is 0 Å². The number of fused-ring (bicyclic) bond motifs is 3. The van der Waals surface area contributed by atoms with Crippen molar-refractivity contribution in [1.29, 1.82) is 0 Å². The molecule has 4 heteroatoms. The number of rotatable bonds is 1. The predicted octanol–water partition coefficient (Wildman–Crippen LogP) is 4.88. The highest BCUT2D eigenvalue weighted by Gasteiger charge is 2.14. The van der Waals surface area contributed by atoms with Gasteiger partial charge in [0.05, 0.1) is 16.7 Å². The topological polar surface area (TPSA) is 17.8 Å². The number of halogens is 2. The summed E-state index contributed by atoms with van der Waals surface area (Å²) in [5.74, 6) is 0. The molecule has 0 N–H and O–H groups in total. The molecule has 0 saturated heterocycles. The highest BCUT2D eigenvalue weighted by atomic mass is 127. The molecule has 2 aromatic heterocycles. The number of benzene rings is 1. The lowest BCUT2D eigenvalue weighted by atomic mass is 10.2. The maximum absolute atomic E-state index is 4.43. The first-order chi connectivity index (χ1) is 8.63. The van der Waals surface area contributed by atoms with Gasteiger partial charge in [-0.3, -0.25) is 4.98 Å². The number of nitrogens with zero attached hydrogens (tertiary/aromatic N) is 2. The van der Waals surface area contributed by atoms with Gasteiger partial charge in [-0.1, -0.05) is 15.9 Å². The first-order valence-corrected chi connectivity index (χ1v) is 7.73. The van der Waals surface area contributed by atoms with Crippen LogP contribution in [0.2, 0.25) is 0 Å². The van der Waals surface area contributed by atoms with Crippen LogP contribution < -0.4 is 0 Å². The van der Waals surface area contributed by atoms with Crippen LogP contribution in [0.1, 0.15) is 12.6 Å². The number of hydrogen-bond donors (Lipinski definition) is 0. The van der Waals surface area contributed by atoms with Crippen LogP contribution in [0.4, 0.5) is 0 Å². The molecule has 2 heterocycles. The molecular weight excluding hydrogens is 403 g/mol. The van der Waals surface area contributed by atoms with Crippen LogP contribution in [0, 0.1) is 10.5 Å². The number of aromatic nitrogens is 2. The van der Waals surface area contributed by atoms with E-state index in [1.54, 1.807) is 0 Å². The van der Waals surface area contributed by atoms with E-state index in [0.717, 1.165) is 16.7 Å². The third kappa shape index (κ3) is 1.69.